The molecule has 37 heavy (non-hydrogen) atoms. The number of nitrogens with zero attached hydrogens (tertiary/aromatic N) is 5. The molecule has 0 radical (unpaired) electrons. The van der Waals surface area contributed by atoms with E-state index in [1.54, 1.807) is 31.4 Å². The van der Waals surface area contributed by atoms with Gasteiger partial charge in [0.15, 0.2) is 5.82 Å². The lowest BCUT2D eigenvalue weighted by atomic mass is 10.0. The summed E-state index contributed by atoms with van der Waals surface area (Å²) in [6.07, 6.45) is 3.72. The summed E-state index contributed by atoms with van der Waals surface area (Å²) in [5.74, 6) is 1.31. The molecule has 0 bridgehead atoms. The highest BCUT2D eigenvalue weighted by Crippen LogP contribution is 2.34. The summed E-state index contributed by atoms with van der Waals surface area (Å²) in [7, 11) is 7.36. The van der Waals surface area contributed by atoms with Crippen LogP contribution in [0.4, 0.5) is 34.5 Å². The Morgan fingerprint density at radius 3 is 2.51 bits per heavy atom. The largest absolute Gasteiger partial charge is 0.755 e. The monoisotopic (exact) mass is 544 g/mol. The van der Waals surface area contributed by atoms with Gasteiger partial charge in [-0.1, -0.05) is 23.7 Å². The van der Waals surface area contributed by atoms with E-state index in [9.17, 15) is 8.76 Å². The van der Waals surface area contributed by atoms with Crippen molar-refractivity contribution in [1.29, 1.82) is 0 Å². The Kier molecular flexibility index (Phi) is 8.70. The number of benzene rings is 2. The minimum Gasteiger partial charge on any atom is -0.755 e. The molecule has 0 spiro atoms. The van der Waals surface area contributed by atoms with Crippen molar-refractivity contribution in [2.45, 2.75) is 18.9 Å². The van der Waals surface area contributed by atoms with E-state index in [-0.39, 0.29) is 5.02 Å². The van der Waals surface area contributed by atoms with Crippen molar-refractivity contribution in [3.63, 3.8) is 0 Å². The van der Waals surface area contributed by atoms with Gasteiger partial charge in [-0.3, -0.25) is 4.21 Å². The van der Waals surface area contributed by atoms with Crippen LogP contribution in [0, 0.1) is 0 Å². The molecule has 1 aliphatic rings. The molecule has 2 heterocycles. The Morgan fingerprint density at radius 1 is 1.11 bits per heavy atom. The molecule has 4 rings (SSSR count). The molecule has 2 N–H and O–H groups in total. The summed E-state index contributed by atoms with van der Waals surface area (Å²) in [4.78, 5) is 13.5. The third-order valence-electron chi connectivity index (χ3n) is 6.46. The minimum absolute atomic E-state index is 0.287. The number of anilines is 6. The zero-order valence-electron chi connectivity index (χ0n) is 21.3. The summed E-state index contributed by atoms with van der Waals surface area (Å²) in [5.41, 5.74) is 2.80. The Hall–Kier alpha value is -3.12. The second kappa shape index (κ2) is 12.0. The van der Waals surface area contributed by atoms with Crippen LogP contribution in [0.1, 0.15) is 12.8 Å². The number of halogens is 1. The second-order valence-corrected chi connectivity index (χ2v) is 10.3. The maximum absolute atomic E-state index is 11.5. The Labute approximate surface area is 225 Å². The zero-order chi connectivity index (χ0) is 26.5. The summed E-state index contributed by atoms with van der Waals surface area (Å²) >= 11 is 3.92. The fraction of sp³-hybridized carbons (Fsp3) is 0.360. The number of hydrogen-bond acceptors (Lipinski definition) is 9. The minimum atomic E-state index is -2.43. The maximum atomic E-state index is 11.5. The van der Waals surface area contributed by atoms with E-state index in [0.29, 0.717) is 40.6 Å². The van der Waals surface area contributed by atoms with E-state index in [0.717, 1.165) is 35.9 Å². The average molecular weight is 545 g/mol. The molecule has 1 atom stereocenters. The van der Waals surface area contributed by atoms with Crippen molar-refractivity contribution in [1.82, 2.24) is 14.9 Å². The van der Waals surface area contributed by atoms with Crippen molar-refractivity contribution < 1.29 is 13.5 Å². The van der Waals surface area contributed by atoms with E-state index in [4.69, 9.17) is 16.3 Å². The molecule has 3 aromatic rings. The van der Waals surface area contributed by atoms with Crippen LogP contribution in [0.5, 0.6) is 5.75 Å². The number of methoxy groups -OCH3 is 1. The fourth-order valence-electron chi connectivity index (χ4n) is 4.32. The van der Waals surface area contributed by atoms with Gasteiger partial charge in [0.25, 0.3) is 0 Å². The van der Waals surface area contributed by atoms with Gasteiger partial charge in [0.2, 0.25) is 5.95 Å². The molecule has 0 aliphatic carbocycles. The van der Waals surface area contributed by atoms with Crippen LogP contribution in [-0.2, 0) is 11.3 Å². The standard InChI is InChI=1S/C25H32ClN7O3S/c1-31(2)17-11-13-33(14-12-17)18-9-10-21(23(15-18)36-4)29-25-27-16-19(26)24(30-25)28-20-7-5-6-8-22(20)32(3)37(34)35/h5-10,15-17H,11-14H2,1-4H3,(H,34,35)(H2,27,28,29,30)/p-1. The van der Waals surface area contributed by atoms with Crippen molar-refractivity contribution in [3.8, 4) is 5.75 Å². The Morgan fingerprint density at radius 2 is 1.84 bits per heavy atom. The van der Waals surface area contributed by atoms with Crippen molar-refractivity contribution in [2.24, 2.45) is 0 Å². The smallest absolute Gasteiger partial charge is 0.229 e. The van der Waals surface area contributed by atoms with E-state index >= 15 is 0 Å². The zero-order valence-corrected chi connectivity index (χ0v) is 22.8. The van der Waals surface area contributed by atoms with E-state index in [1.165, 1.54) is 13.2 Å². The predicted molar refractivity (Wildman–Crippen MR) is 149 cm³/mol. The summed E-state index contributed by atoms with van der Waals surface area (Å²) in [6.45, 7) is 1.98. The van der Waals surface area contributed by atoms with Crippen LogP contribution in [0.2, 0.25) is 5.02 Å². The number of para-hydroxylation sites is 2. The van der Waals surface area contributed by atoms with Crippen LogP contribution < -0.4 is 24.6 Å². The lowest BCUT2D eigenvalue weighted by Gasteiger charge is -2.36. The number of nitrogens with one attached hydrogen (secondary N) is 2. The number of piperidine rings is 1. The summed E-state index contributed by atoms with van der Waals surface area (Å²) in [6, 6.07) is 13.6. The molecule has 1 aromatic heterocycles. The molecule has 2 aromatic carbocycles. The van der Waals surface area contributed by atoms with Gasteiger partial charge >= 0.3 is 0 Å². The Bertz CT molecular complexity index is 1250. The molecular formula is C25H31ClN7O3S-. The third-order valence-corrected chi connectivity index (χ3v) is 7.38. The molecule has 12 heteroatoms. The first-order valence-electron chi connectivity index (χ1n) is 11.8. The summed E-state index contributed by atoms with van der Waals surface area (Å²) in [5, 5.41) is 6.61. The van der Waals surface area contributed by atoms with Crippen LogP contribution in [0.25, 0.3) is 0 Å². The van der Waals surface area contributed by atoms with Gasteiger partial charge in [-0.05, 0) is 51.2 Å². The first-order valence-corrected chi connectivity index (χ1v) is 13.3. The maximum Gasteiger partial charge on any atom is 0.229 e. The van der Waals surface area contributed by atoms with Crippen LogP contribution in [0.3, 0.4) is 0 Å². The van der Waals surface area contributed by atoms with E-state index in [1.807, 2.05) is 12.1 Å². The molecule has 0 amide bonds. The van der Waals surface area contributed by atoms with E-state index in [2.05, 4.69) is 50.6 Å². The highest BCUT2D eigenvalue weighted by molar-refractivity contribution is 7.80. The molecule has 1 aliphatic heterocycles. The molecule has 0 saturated carbocycles. The van der Waals surface area contributed by atoms with Crippen LogP contribution in [-0.4, -0.2) is 71.0 Å². The quantitative estimate of drug-likeness (QED) is 0.379. The highest BCUT2D eigenvalue weighted by atomic mass is 35.5. The third kappa shape index (κ3) is 6.42. The summed E-state index contributed by atoms with van der Waals surface area (Å²) < 4.78 is 29.7. The van der Waals surface area contributed by atoms with Crippen LogP contribution >= 0.6 is 11.6 Å². The topological polar surface area (TPSA) is 109 Å². The molecule has 198 valence electrons. The van der Waals surface area contributed by atoms with Gasteiger partial charge in [-0.25, -0.2) is 4.98 Å². The SMILES string of the molecule is COc1cc(N2CCC(N(C)C)CC2)ccc1Nc1ncc(Cl)c(Nc2ccccc2N(C)S(=O)[O-])n1. The molecule has 1 unspecified atom stereocenters. The molecular weight excluding hydrogens is 514 g/mol. The van der Waals surface area contributed by atoms with Crippen LogP contribution in [0.15, 0.2) is 48.7 Å². The number of hydrogen-bond donors (Lipinski definition) is 2. The lowest BCUT2D eigenvalue weighted by Crippen LogP contribution is -2.41. The van der Waals surface area contributed by atoms with E-state index < -0.39 is 11.3 Å². The fourth-order valence-corrected chi connectivity index (χ4v) is 4.78. The first kappa shape index (κ1) is 26.9. The molecule has 1 saturated heterocycles. The van der Waals surface area contributed by atoms with Gasteiger partial charge in [0, 0.05) is 49.2 Å². The van der Waals surface area contributed by atoms with Gasteiger partial charge < -0.3 is 34.0 Å². The van der Waals surface area contributed by atoms with Gasteiger partial charge in [-0.2, -0.15) is 4.98 Å². The second-order valence-electron chi connectivity index (χ2n) is 8.94. The number of ether oxygens (including phenoxy) is 1. The molecule has 10 nitrogen and oxygen atoms in total. The van der Waals surface area contributed by atoms with Crippen molar-refractivity contribution in [2.75, 3.05) is 61.2 Å². The van der Waals surface area contributed by atoms with Crippen molar-refractivity contribution >= 4 is 57.4 Å². The number of rotatable bonds is 9. The predicted octanol–water partition coefficient (Wildman–Crippen LogP) is 4.39. The highest BCUT2D eigenvalue weighted by Gasteiger charge is 2.21. The average Bonchev–Trinajstić information content (AvgIpc) is 2.90. The normalized spacial score (nSPS) is 14.9. The van der Waals surface area contributed by atoms with Gasteiger partial charge in [-0.15, -0.1) is 0 Å². The lowest BCUT2D eigenvalue weighted by molar-refractivity contribution is 0.249. The molecule has 1 fully saturated rings. The Balaban J connectivity index is 1.52. The van der Waals surface area contributed by atoms with Gasteiger partial charge in [0.05, 0.1) is 30.4 Å². The first-order chi connectivity index (χ1) is 17.8. The van der Waals surface area contributed by atoms with Gasteiger partial charge in [0.1, 0.15) is 10.8 Å². The number of aromatic nitrogens is 2. The van der Waals surface area contributed by atoms with Crippen molar-refractivity contribution in [3.05, 3.63) is 53.7 Å².